The quantitative estimate of drug-likeness (QED) is 0.546. The Balaban J connectivity index is 1.72. The molecule has 0 aliphatic heterocycles. The summed E-state index contributed by atoms with van der Waals surface area (Å²) in [6, 6.07) is 15.3. The van der Waals surface area contributed by atoms with Crippen LogP contribution >= 0.6 is 0 Å². The molecule has 1 amide bonds. The number of anilines is 1. The lowest BCUT2D eigenvalue weighted by atomic mass is 10.1. The number of carbonyl (C=O) groups excluding carboxylic acids is 1. The van der Waals surface area contributed by atoms with Crippen LogP contribution in [0.4, 0.5) is 5.69 Å². The molecule has 0 unspecified atom stereocenters. The molecule has 0 aliphatic rings. The maximum atomic E-state index is 12.9. The zero-order valence-electron chi connectivity index (χ0n) is 15.6. The van der Waals surface area contributed by atoms with E-state index in [9.17, 15) is 9.59 Å². The Morgan fingerprint density at radius 3 is 2.75 bits per heavy atom. The highest BCUT2D eigenvalue weighted by atomic mass is 16.2. The molecule has 0 radical (unpaired) electrons. The number of nitrogens with one attached hydrogen (secondary N) is 1. The van der Waals surface area contributed by atoms with Gasteiger partial charge in [0.2, 0.25) is 5.91 Å². The lowest BCUT2D eigenvalue weighted by molar-refractivity contribution is -0.119. The van der Waals surface area contributed by atoms with Crippen molar-refractivity contribution < 1.29 is 4.79 Å². The molecule has 0 saturated carbocycles. The van der Waals surface area contributed by atoms with Gasteiger partial charge in [-0.05, 0) is 31.2 Å². The molecule has 0 aliphatic carbocycles. The van der Waals surface area contributed by atoms with Crippen LogP contribution in [-0.2, 0) is 11.3 Å². The van der Waals surface area contributed by atoms with E-state index in [0.29, 0.717) is 12.1 Å². The number of nitrogens with zero attached hydrogens (tertiary/aromatic N) is 3. The number of fused-ring (bicyclic) bond motifs is 3. The molecule has 0 fully saturated rings. The minimum absolute atomic E-state index is 0.147. The second-order valence-corrected chi connectivity index (χ2v) is 6.70. The van der Waals surface area contributed by atoms with E-state index < -0.39 is 0 Å². The molecular formula is C22H20N4O2. The summed E-state index contributed by atoms with van der Waals surface area (Å²) in [5.41, 5.74) is 2.88. The van der Waals surface area contributed by atoms with E-state index in [1.165, 1.54) is 4.68 Å². The van der Waals surface area contributed by atoms with Crippen LogP contribution in [0.2, 0.25) is 0 Å². The van der Waals surface area contributed by atoms with E-state index in [1.807, 2.05) is 55.5 Å². The lowest BCUT2D eigenvalue weighted by Crippen LogP contribution is -2.37. The van der Waals surface area contributed by atoms with Gasteiger partial charge in [-0.1, -0.05) is 35.9 Å². The molecule has 0 bridgehead atoms. The summed E-state index contributed by atoms with van der Waals surface area (Å²) < 4.78 is 1.20. The van der Waals surface area contributed by atoms with Gasteiger partial charge in [-0.2, -0.15) is 5.10 Å². The van der Waals surface area contributed by atoms with Crippen molar-refractivity contribution in [3.63, 3.8) is 0 Å². The third-order valence-electron chi connectivity index (χ3n) is 4.73. The van der Waals surface area contributed by atoms with Gasteiger partial charge in [-0.15, -0.1) is 6.58 Å². The molecule has 6 heteroatoms. The van der Waals surface area contributed by atoms with Crippen molar-refractivity contribution in [3.05, 3.63) is 83.3 Å². The van der Waals surface area contributed by atoms with E-state index in [0.717, 1.165) is 27.5 Å². The molecule has 4 rings (SSSR count). The third-order valence-corrected chi connectivity index (χ3v) is 4.73. The number of hydrogen-bond acceptors (Lipinski definition) is 3. The fourth-order valence-electron chi connectivity index (χ4n) is 3.35. The third kappa shape index (κ3) is 3.09. The SMILES string of the molecule is C=CCN(C(=O)Cn1ncc2c([nH]c3ccc(C)cc32)c1=O)c1ccccc1. The lowest BCUT2D eigenvalue weighted by Gasteiger charge is -2.21. The number of aryl methyl sites for hydroxylation is 1. The van der Waals surface area contributed by atoms with Crippen LogP contribution in [0.5, 0.6) is 0 Å². The number of benzene rings is 2. The molecule has 1 N–H and O–H groups in total. The number of carbonyl (C=O) groups is 1. The van der Waals surface area contributed by atoms with E-state index in [4.69, 9.17) is 0 Å². The van der Waals surface area contributed by atoms with Crippen molar-refractivity contribution in [3.8, 4) is 0 Å². The van der Waals surface area contributed by atoms with Crippen molar-refractivity contribution in [1.29, 1.82) is 0 Å². The zero-order valence-corrected chi connectivity index (χ0v) is 15.6. The van der Waals surface area contributed by atoms with Crippen molar-refractivity contribution in [2.24, 2.45) is 0 Å². The topological polar surface area (TPSA) is 71.0 Å². The molecule has 0 spiro atoms. The van der Waals surface area contributed by atoms with Crippen LogP contribution in [0.3, 0.4) is 0 Å². The van der Waals surface area contributed by atoms with Gasteiger partial charge in [0.1, 0.15) is 12.1 Å². The fourth-order valence-corrected chi connectivity index (χ4v) is 3.35. The summed E-state index contributed by atoms with van der Waals surface area (Å²) in [4.78, 5) is 30.5. The summed E-state index contributed by atoms with van der Waals surface area (Å²) in [6.45, 7) is 5.93. The van der Waals surface area contributed by atoms with Gasteiger partial charge in [0, 0.05) is 28.5 Å². The van der Waals surface area contributed by atoms with Crippen LogP contribution in [0.15, 0.2) is 72.2 Å². The van der Waals surface area contributed by atoms with E-state index in [2.05, 4.69) is 16.7 Å². The van der Waals surface area contributed by atoms with Crippen LogP contribution in [0.25, 0.3) is 21.8 Å². The van der Waals surface area contributed by atoms with Gasteiger partial charge < -0.3 is 9.88 Å². The summed E-state index contributed by atoms with van der Waals surface area (Å²) >= 11 is 0. The van der Waals surface area contributed by atoms with E-state index in [-0.39, 0.29) is 18.0 Å². The van der Waals surface area contributed by atoms with Crippen molar-refractivity contribution >= 4 is 33.4 Å². The molecule has 2 aromatic carbocycles. The van der Waals surface area contributed by atoms with Gasteiger partial charge in [-0.3, -0.25) is 9.59 Å². The highest BCUT2D eigenvalue weighted by Crippen LogP contribution is 2.23. The van der Waals surface area contributed by atoms with Gasteiger partial charge in [0.15, 0.2) is 0 Å². The molecule has 2 aromatic heterocycles. The van der Waals surface area contributed by atoms with Crippen LogP contribution in [0.1, 0.15) is 5.56 Å². The number of aromatic amines is 1. The monoisotopic (exact) mass is 372 g/mol. The van der Waals surface area contributed by atoms with Gasteiger partial charge >= 0.3 is 0 Å². The maximum Gasteiger partial charge on any atom is 0.291 e. The molecule has 28 heavy (non-hydrogen) atoms. The Bertz CT molecular complexity index is 1240. The van der Waals surface area contributed by atoms with Gasteiger partial charge in [-0.25, -0.2) is 4.68 Å². The fraction of sp³-hybridized carbons (Fsp3) is 0.136. The molecular weight excluding hydrogens is 352 g/mol. The molecule has 0 atom stereocenters. The van der Waals surface area contributed by atoms with E-state index >= 15 is 0 Å². The summed E-state index contributed by atoms with van der Waals surface area (Å²) in [5.74, 6) is -0.230. The molecule has 140 valence electrons. The van der Waals surface area contributed by atoms with Crippen LogP contribution in [0, 0.1) is 6.92 Å². The number of rotatable bonds is 5. The first-order chi connectivity index (χ1) is 13.6. The highest BCUT2D eigenvalue weighted by molar-refractivity contribution is 6.06. The summed E-state index contributed by atoms with van der Waals surface area (Å²) in [5, 5.41) is 5.96. The summed E-state index contributed by atoms with van der Waals surface area (Å²) in [6.07, 6.45) is 3.30. The molecule has 0 saturated heterocycles. The maximum absolute atomic E-state index is 12.9. The number of aromatic nitrogens is 3. The second kappa shape index (κ2) is 7.15. The molecule has 4 aromatic rings. The minimum Gasteiger partial charge on any atom is -0.350 e. The average molecular weight is 372 g/mol. The van der Waals surface area contributed by atoms with E-state index in [1.54, 1.807) is 17.2 Å². The van der Waals surface area contributed by atoms with Gasteiger partial charge in [0.25, 0.3) is 5.56 Å². The Labute approximate surface area is 161 Å². The Hall–Kier alpha value is -3.67. The largest absolute Gasteiger partial charge is 0.350 e. The number of para-hydroxylation sites is 1. The number of hydrogen-bond donors (Lipinski definition) is 1. The first-order valence-electron chi connectivity index (χ1n) is 9.03. The zero-order chi connectivity index (χ0) is 19.7. The highest BCUT2D eigenvalue weighted by Gasteiger charge is 2.18. The Morgan fingerprint density at radius 2 is 2.00 bits per heavy atom. The predicted octanol–water partition coefficient (Wildman–Crippen LogP) is 3.41. The Morgan fingerprint density at radius 1 is 1.21 bits per heavy atom. The predicted molar refractivity (Wildman–Crippen MR) is 112 cm³/mol. The second-order valence-electron chi connectivity index (χ2n) is 6.70. The van der Waals surface area contributed by atoms with Crippen LogP contribution in [-0.4, -0.2) is 27.2 Å². The standard InChI is InChI=1S/C22H20N4O2/c1-3-11-25(16-7-5-4-6-8-16)20(27)14-26-22(28)21-18(13-23-26)17-12-15(2)9-10-19(17)24-21/h3-10,12-13,24H,1,11,14H2,2H3. The van der Waals surface area contributed by atoms with Gasteiger partial charge in [0.05, 0.1) is 6.20 Å². The molecule has 6 nitrogen and oxygen atoms in total. The number of amides is 1. The Kier molecular flexibility index (Phi) is 4.53. The smallest absolute Gasteiger partial charge is 0.291 e. The average Bonchev–Trinajstić information content (AvgIpc) is 3.07. The van der Waals surface area contributed by atoms with Crippen molar-refractivity contribution in [2.75, 3.05) is 11.4 Å². The normalized spacial score (nSPS) is 11.0. The molecule has 2 heterocycles. The first-order valence-corrected chi connectivity index (χ1v) is 9.03. The minimum atomic E-state index is -0.314. The van der Waals surface area contributed by atoms with Crippen LogP contribution < -0.4 is 10.5 Å². The number of H-pyrrole nitrogens is 1. The van der Waals surface area contributed by atoms with Crippen molar-refractivity contribution in [1.82, 2.24) is 14.8 Å². The summed E-state index contributed by atoms with van der Waals surface area (Å²) in [7, 11) is 0. The first kappa shape index (κ1) is 17.7. The van der Waals surface area contributed by atoms with Crippen molar-refractivity contribution in [2.45, 2.75) is 13.5 Å².